The molecule has 0 aliphatic rings. The molecule has 0 aromatic carbocycles. The molecule has 0 saturated carbocycles. The van der Waals surface area contributed by atoms with Gasteiger partial charge in [-0.1, -0.05) is 230 Å². The quantitative estimate of drug-likeness (QED) is 0.0146. The van der Waals surface area contributed by atoms with Crippen molar-refractivity contribution >= 4 is 33.6 Å². The minimum absolute atomic E-state index is 0.0345. The second kappa shape index (κ2) is 65.2. The van der Waals surface area contributed by atoms with Crippen molar-refractivity contribution in [3.8, 4) is 0 Å². The summed E-state index contributed by atoms with van der Waals surface area (Å²) in [5.41, 5.74) is 0. The molecule has 91 heavy (non-hydrogen) atoms. The van der Waals surface area contributed by atoms with Gasteiger partial charge >= 0.3 is 33.6 Å². The second-order valence-electron chi connectivity index (χ2n) is 21.9. The normalized spacial score (nSPS) is 15.2. The molecule has 0 aliphatic heterocycles. The summed E-state index contributed by atoms with van der Waals surface area (Å²) in [5.74, 6) is -1.73. The third-order valence-corrected chi connectivity index (χ3v) is 15.1. The number of esters is 3. The van der Waals surface area contributed by atoms with Crippen molar-refractivity contribution in [1.82, 2.24) is 0 Å². The van der Waals surface area contributed by atoms with E-state index < -0.39 is 91.5 Å². The molecule has 0 amide bonds. The van der Waals surface area contributed by atoms with Gasteiger partial charge in [-0.2, -0.15) is 0 Å². The Morgan fingerprint density at radius 2 is 0.604 bits per heavy atom. The lowest BCUT2D eigenvalue weighted by Crippen LogP contribution is -2.30. The van der Waals surface area contributed by atoms with Gasteiger partial charge in [0.15, 0.2) is 6.10 Å². The lowest BCUT2D eigenvalue weighted by Gasteiger charge is -2.21. The smallest absolute Gasteiger partial charge is 0.463 e. The van der Waals surface area contributed by atoms with Gasteiger partial charge in [0.05, 0.1) is 26.4 Å². The zero-order chi connectivity index (χ0) is 66.7. The molecule has 0 spiro atoms. The molecular weight excluding hydrogens is 1190 g/mol. The van der Waals surface area contributed by atoms with Gasteiger partial charge in [-0.3, -0.25) is 32.5 Å². The molecular formula is C73H118O16P2. The SMILES string of the molecule is CC/C=C\C/C=C\C/C=C\C/C=C\C/C=C\C/C=C\CCC(=O)OCC(COP(=O)(O)OCC(O)COP(=O)(O)OCC(O)COC(=O)CCCCCCC/C=C\C/C=C\C/C=C\C/C=C\CCCCC)OC(=O)CCCCCCC/C=C\C/C=C\C/C=C\CC. The highest BCUT2D eigenvalue weighted by molar-refractivity contribution is 7.47. The number of ether oxygens (including phenoxy) is 3. The number of allylic oxidation sites excluding steroid dienone is 26. The molecule has 0 heterocycles. The molecule has 0 aromatic heterocycles. The maximum absolute atomic E-state index is 12.9. The first-order valence-corrected chi connectivity index (χ1v) is 36.8. The fraction of sp³-hybridized carbons (Fsp3) is 0.603. The van der Waals surface area contributed by atoms with Gasteiger partial charge in [0.1, 0.15) is 25.4 Å². The van der Waals surface area contributed by atoms with Crippen LogP contribution < -0.4 is 0 Å². The molecule has 5 atom stereocenters. The van der Waals surface area contributed by atoms with Crippen LogP contribution >= 0.6 is 15.6 Å². The van der Waals surface area contributed by atoms with E-state index in [1.54, 1.807) is 0 Å². The van der Waals surface area contributed by atoms with Gasteiger partial charge in [-0.25, -0.2) is 9.13 Å². The monoisotopic (exact) mass is 1310 g/mol. The Hall–Kier alpha value is -4.83. The first-order valence-electron chi connectivity index (χ1n) is 33.8. The average Bonchev–Trinajstić information content (AvgIpc) is 3.08. The lowest BCUT2D eigenvalue weighted by molar-refractivity contribution is -0.161. The van der Waals surface area contributed by atoms with E-state index in [-0.39, 0.29) is 19.3 Å². The molecule has 16 nitrogen and oxygen atoms in total. The number of aliphatic hydroxyl groups excluding tert-OH is 2. The van der Waals surface area contributed by atoms with Crippen molar-refractivity contribution in [3.63, 3.8) is 0 Å². The first-order chi connectivity index (χ1) is 44.2. The highest BCUT2D eigenvalue weighted by atomic mass is 31.2. The van der Waals surface area contributed by atoms with Crippen LogP contribution in [0.25, 0.3) is 0 Å². The highest BCUT2D eigenvalue weighted by Gasteiger charge is 2.29. The van der Waals surface area contributed by atoms with Crippen LogP contribution in [0.2, 0.25) is 0 Å². The van der Waals surface area contributed by atoms with E-state index in [0.29, 0.717) is 25.7 Å². The van der Waals surface area contributed by atoms with Crippen LogP contribution in [0.15, 0.2) is 158 Å². The van der Waals surface area contributed by atoms with Gasteiger partial charge in [0, 0.05) is 19.3 Å². The number of phosphoric acid groups is 2. The Bertz CT molecular complexity index is 2290. The topological polar surface area (TPSA) is 231 Å². The van der Waals surface area contributed by atoms with Crippen molar-refractivity contribution in [2.24, 2.45) is 0 Å². The molecule has 0 saturated heterocycles. The molecule has 18 heteroatoms. The Morgan fingerprint density at radius 1 is 0.319 bits per heavy atom. The van der Waals surface area contributed by atoms with Crippen molar-refractivity contribution in [2.45, 2.75) is 245 Å². The molecule has 0 rings (SSSR count). The summed E-state index contributed by atoms with van der Waals surface area (Å²) in [6.07, 6.45) is 78.8. The van der Waals surface area contributed by atoms with Gasteiger partial charge in [-0.15, -0.1) is 0 Å². The predicted molar refractivity (Wildman–Crippen MR) is 371 cm³/mol. The first kappa shape index (κ1) is 86.2. The van der Waals surface area contributed by atoms with Crippen molar-refractivity contribution < 1.29 is 75.8 Å². The van der Waals surface area contributed by atoms with Crippen LogP contribution in [0.1, 0.15) is 226 Å². The summed E-state index contributed by atoms with van der Waals surface area (Å²) in [4.78, 5) is 58.3. The minimum atomic E-state index is -4.95. The standard InChI is InChI=1S/C73H118O16P2/c1-4-7-10-13-16-19-22-25-28-30-32-33-35-37-39-41-44-47-50-53-56-59-71(76)83-62-68(74)63-85-90(79,80)86-64-69(75)65-87-91(81,82)88-67-70(89-73(78)61-58-55-52-49-46-43-38-27-24-21-18-15-12-9-6-3)66-84-72(77)60-57-54-51-48-45-42-40-36-34-31-29-26-23-20-17-14-11-8-5-2/h8-9,11-12,16-21,25-29,32-34,36-39,42,45,51,54,68-70,74-75H,4-7,10,13-15,22-24,30-31,35,40-41,43-44,46-50,52-53,55-67H2,1-3H3,(H,79,80)(H,81,82)/b11-8-,12-9-,19-16-,20-17-,21-18-,28-25-,29-26-,33-32-,36-34-,38-27-,39-37-,45-42-,54-51-. The molecule has 0 radical (unpaired) electrons. The maximum atomic E-state index is 12.9. The van der Waals surface area contributed by atoms with E-state index in [2.05, 4.69) is 161 Å². The summed E-state index contributed by atoms with van der Waals surface area (Å²) in [6, 6.07) is 0. The fourth-order valence-electron chi connectivity index (χ4n) is 8.12. The van der Waals surface area contributed by atoms with E-state index in [1.807, 2.05) is 18.2 Å². The summed E-state index contributed by atoms with van der Waals surface area (Å²) in [7, 11) is -9.82. The number of phosphoric ester groups is 2. The largest absolute Gasteiger partial charge is 0.472 e. The number of rotatable bonds is 62. The zero-order valence-electron chi connectivity index (χ0n) is 55.7. The Morgan fingerprint density at radius 3 is 0.989 bits per heavy atom. The van der Waals surface area contributed by atoms with E-state index in [1.165, 1.54) is 25.7 Å². The summed E-state index contributed by atoms with van der Waals surface area (Å²) < 4.78 is 60.7. The van der Waals surface area contributed by atoms with Crippen LogP contribution in [-0.2, 0) is 55.8 Å². The van der Waals surface area contributed by atoms with Crippen LogP contribution in [0.5, 0.6) is 0 Å². The lowest BCUT2D eigenvalue weighted by atomic mass is 10.1. The van der Waals surface area contributed by atoms with Crippen LogP contribution in [0.3, 0.4) is 0 Å². The maximum Gasteiger partial charge on any atom is 0.472 e. The number of unbranched alkanes of at least 4 members (excludes halogenated alkanes) is 13. The van der Waals surface area contributed by atoms with Crippen LogP contribution in [0.4, 0.5) is 0 Å². The number of carbonyl (C=O) groups excluding carboxylic acids is 3. The van der Waals surface area contributed by atoms with Gasteiger partial charge in [0.25, 0.3) is 0 Å². The average molecular weight is 1310 g/mol. The Labute approximate surface area is 549 Å². The summed E-state index contributed by atoms with van der Waals surface area (Å²) >= 11 is 0. The zero-order valence-corrected chi connectivity index (χ0v) is 57.5. The fourth-order valence-corrected chi connectivity index (χ4v) is 9.71. The Kier molecular flexibility index (Phi) is 61.8. The Balaban J connectivity index is 4.78. The van der Waals surface area contributed by atoms with Crippen LogP contribution in [-0.4, -0.2) is 95.9 Å². The second-order valence-corrected chi connectivity index (χ2v) is 24.8. The van der Waals surface area contributed by atoms with E-state index in [4.69, 9.17) is 32.3 Å². The molecule has 516 valence electrons. The molecule has 0 aromatic rings. The number of aliphatic hydroxyl groups is 2. The molecule has 4 N–H and O–H groups in total. The molecule has 0 aliphatic carbocycles. The van der Waals surface area contributed by atoms with Crippen LogP contribution in [0, 0.1) is 0 Å². The molecule has 0 bridgehead atoms. The predicted octanol–water partition coefficient (Wildman–Crippen LogP) is 18.7. The van der Waals surface area contributed by atoms with Crippen molar-refractivity contribution in [1.29, 1.82) is 0 Å². The number of hydrogen-bond acceptors (Lipinski definition) is 14. The van der Waals surface area contributed by atoms with E-state index in [0.717, 1.165) is 135 Å². The minimum Gasteiger partial charge on any atom is -0.463 e. The number of carbonyl (C=O) groups is 3. The molecule has 5 unspecified atom stereocenters. The summed E-state index contributed by atoms with van der Waals surface area (Å²) in [5, 5.41) is 20.5. The third-order valence-electron chi connectivity index (χ3n) is 13.2. The third kappa shape index (κ3) is 66.4. The summed E-state index contributed by atoms with van der Waals surface area (Å²) in [6.45, 7) is 2.24. The number of hydrogen-bond donors (Lipinski definition) is 4. The van der Waals surface area contributed by atoms with Gasteiger partial charge in [0.2, 0.25) is 0 Å². The van der Waals surface area contributed by atoms with E-state index >= 15 is 0 Å². The van der Waals surface area contributed by atoms with Gasteiger partial charge in [-0.05, 0) is 135 Å². The van der Waals surface area contributed by atoms with E-state index in [9.17, 15) is 43.5 Å². The van der Waals surface area contributed by atoms with Crippen molar-refractivity contribution in [2.75, 3.05) is 39.6 Å². The van der Waals surface area contributed by atoms with Crippen molar-refractivity contribution in [3.05, 3.63) is 158 Å². The molecule has 0 fully saturated rings. The highest BCUT2D eigenvalue weighted by Crippen LogP contribution is 2.45. The van der Waals surface area contributed by atoms with Gasteiger partial charge < -0.3 is 34.2 Å².